The van der Waals surface area contributed by atoms with Crippen molar-refractivity contribution in [2.45, 2.75) is 55.4 Å². The maximum atomic E-state index is 13.7. The van der Waals surface area contributed by atoms with Gasteiger partial charge in [-0.05, 0) is 54.7 Å². The van der Waals surface area contributed by atoms with Crippen molar-refractivity contribution in [1.29, 1.82) is 0 Å². The van der Waals surface area contributed by atoms with E-state index in [0.717, 1.165) is 72.9 Å². The zero-order valence-corrected chi connectivity index (χ0v) is 18.2. The molecule has 1 N–H and O–H groups in total. The van der Waals surface area contributed by atoms with Gasteiger partial charge in [0.15, 0.2) is 0 Å². The Morgan fingerprint density at radius 1 is 0.967 bits per heavy atom. The van der Waals surface area contributed by atoms with Gasteiger partial charge in [0, 0.05) is 24.7 Å². The number of rotatable bonds is 5. The Bertz CT molecular complexity index is 1130. The normalized spacial score (nSPS) is 15.3. The zero-order valence-electron chi connectivity index (χ0n) is 17.3. The van der Waals surface area contributed by atoms with Crippen LogP contribution in [0.1, 0.15) is 43.7 Å². The molecule has 0 spiro atoms. The summed E-state index contributed by atoms with van der Waals surface area (Å²) in [6, 6.07) is 12.7. The fourth-order valence-electron chi connectivity index (χ4n) is 4.15. The van der Waals surface area contributed by atoms with Crippen LogP contribution >= 0.6 is 0 Å². The monoisotopic (exact) mass is 424 g/mol. The van der Waals surface area contributed by atoms with Gasteiger partial charge in [0.25, 0.3) is 0 Å². The van der Waals surface area contributed by atoms with E-state index in [1.807, 2.05) is 37.3 Å². The van der Waals surface area contributed by atoms with Gasteiger partial charge in [-0.1, -0.05) is 38.0 Å². The molecule has 30 heavy (non-hydrogen) atoms. The van der Waals surface area contributed by atoms with Gasteiger partial charge in [-0.3, -0.25) is 4.98 Å². The summed E-state index contributed by atoms with van der Waals surface area (Å²) in [5.74, 6) is 0. The van der Waals surface area contributed by atoms with Gasteiger partial charge in [0.05, 0.1) is 22.7 Å². The molecular weight excluding hydrogens is 396 g/mol. The average Bonchev–Trinajstić information content (AvgIpc) is 3.07. The summed E-state index contributed by atoms with van der Waals surface area (Å²) in [5, 5.41) is 10.4. The molecule has 1 aliphatic rings. The van der Waals surface area contributed by atoms with E-state index in [2.05, 4.69) is 9.88 Å². The number of pyridine rings is 1. The summed E-state index contributed by atoms with van der Waals surface area (Å²) in [6.45, 7) is 3.59. The van der Waals surface area contributed by atoms with Crippen LogP contribution < -0.4 is 4.90 Å². The number of fused-ring (bicyclic) bond motifs is 1. The molecule has 0 saturated carbocycles. The SMILES string of the molecule is CCc1ccc(S(=O)(=O)c2cnc3ccc(CO)cc3c2N2CCCCCC2)cc1. The molecule has 3 aromatic rings. The molecule has 0 bridgehead atoms. The lowest BCUT2D eigenvalue weighted by molar-refractivity contribution is 0.282. The molecule has 0 amide bonds. The molecule has 0 atom stereocenters. The lowest BCUT2D eigenvalue weighted by atomic mass is 10.1. The van der Waals surface area contributed by atoms with Crippen molar-refractivity contribution >= 4 is 26.4 Å². The summed E-state index contributed by atoms with van der Waals surface area (Å²) in [5.41, 5.74) is 3.32. The third kappa shape index (κ3) is 3.94. The molecule has 4 rings (SSSR count). The predicted molar refractivity (Wildman–Crippen MR) is 120 cm³/mol. The van der Waals surface area contributed by atoms with Crippen molar-refractivity contribution in [3.8, 4) is 0 Å². The number of aliphatic hydroxyl groups is 1. The van der Waals surface area contributed by atoms with Crippen LogP contribution in [-0.4, -0.2) is 31.6 Å². The average molecular weight is 425 g/mol. The number of hydrogen-bond donors (Lipinski definition) is 1. The molecule has 158 valence electrons. The van der Waals surface area contributed by atoms with E-state index in [-0.39, 0.29) is 16.4 Å². The first kappa shape index (κ1) is 20.8. The van der Waals surface area contributed by atoms with Crippen molar-refractivity contribution in [3.63, 3.8) is 0 Å². The molecule has 1 aliphatic heterocycles. The maximum absolute atomic E-state index is 13.7. The molecule has 0 aliphatic carbocycles. The summed E-state index contributed by atoms with van der Waals surface area (Å²) >= 11 is 0. The van der Waals surface area contributed by atoms with Crippen LogP contribution in [0, 0.1) is 0 Å². The second kappa shape index (κ2) is 8.74. The van der Waals surface area contributed by atoms with Gasteiger partial charge in [-0.2, -0.15) is 0 Å². The molecular formula is C24H28N2O3S. The minimum absolute atomic E-state index is 0.0924. The van der Waals surface area contributed by atoms with Crippen molar-refractivity contribution in [2.75, 3.05) is 18.0 Å². The van der Waals surface area contributed by atoms with Crippen LogP contribution in [0.2, 0.25) is 0 Å². The number of sulfone groups is 1. The van der Waals surface area contributed by atoms with Crippen LogP contribution in [0.15, 0.2) is 58.5 Å². The maximum Gasteiger partial charge on any atom is 0.210 e. The number of nitrogens with zero attached hydrogens (tertiary/aromatic N) is 2. The Balaban J connectivity index is 1.94. The highest BCUT2D eigenvalue weighted by Crippen LogP contribution is 2.37. The minimum atomic E-state index is -3.73. The molecule has 2 heterocycles. The Kier molecular flexibility index (Phi) is 6.06. The number of aryl methyl sites for hydroxylation is 1. The summed E-state index contributed by atoms with van der Waals surface area (Å²) in [4.78, 5) is 7.21. The van der Waals surface area contributed by atoms with E-state index in [0.29, 0.717) is 0 Å². The largest absolute Gasteiger partial charge is 0.392 e. The molecule has 6 heteroatoms. The quantitative estimate of drug-likeness (QED) is 0.653. The Morgan fingerprint density at radius 2 is 1.63 bits per heavy atom. The van der Waals surface area contributed by atoms with Gasteiger partial charge in [-0.25, -0.2) is 8.42 Å². The van der Waals surface area contributed by atoms with Gasteiger partial charge in [0.1, 0.15) is 4.90 Å². The van der Waals surface area contributed by atoms with E-state index < -0.39 is 9.84 Å². The number of hydrogen-bond acceptors (Lipinski definition) is 5. The highest BCUT2D eigenvalue weighted by molar-refractivity contribution is 7.91. The Morgan fingerprint density at radius 3 is 2.27 bits per heavy atom. The third-order valence-corrected chi connectivity index (χ3v) is 7.68. The smallest absolute Gasteiger partial charge is 0.210 e. The van der Waals surface area contributed by atoms with Crippen molar-refractivity contribution in [2.24, 2.45) is 0 Å². The van der Waals surface area contributed by atoms with Crippen LogP contribution in [0.4, 0.5) is 5.69 Å². The Hall–Kier alpha value is -2.44. The van der Waals surface area contributed by atoms with Crippen LogP contribution in [0.5, 0.6) is 0 Å². The fraction of sp³-hybridized carbons (Fsp3) is 0.375. The van der Waals surface area contributed by atoms with Gasteiger partial charge >= 0.3 is 0 Å². The Labute approximate surface area is 178 Å². The second-order valence-corrected chi connectivity index (χ2v) is 9.80. The topological polar surface area (TPSA) is 70.5 Å². The van der Waals surface area contributed by atoms with Crippen LogP contribution in [-0.2, 0) is 22.9 Å². The highest BCUT2D eigenvalue weighted by atomic mass is 32.2. The number of aromatic nitrogens is 1. The standard InChI is InChI=1S/C24H28N2O3S/c1-2-18-7-10-20(11-8-18)30(28,29)23-16-25-22-12-9-19(17-27)15-21(22)24(23)26-13-5-3-4-6-14-26/h7-12,15-16,27H,2-6,13-14,17H2,1H3. The van der Waals surface area contributed by atoms with E-state index in [9.17, 15) is 13.5 Å². The van der Waals surface area contributed by atoms with E-state index in [4.69, 9.17) is 0 Å². The molecule has 0 radical (unpaired) electrons. The third-order valence-electron chi connectivity index (χ3n) is 5.91. The number of anilines is 1. The summed E-state index contributed by atoms with van der Waals surface area (Å²) < 4.78 is 27.3. The van der Waals surface area contributed by atoms with Gasteiger partial charge in [-0.15, -0.1) is 0 Å². The first-order valence-corrected chi connectivity index (χ1v) is 12.1. The molecule has 5 nitrogen and oxygen atoms in total. The highest BCUT2D eigenvalue weighted by Gasteiger charge is 2.27. The van der Waals surface area contributed by atoms with Crippen LogP contribution in [0.25, 0.3) is 10.9 Å². The molecule has 1 aromatic heterocycles. The zero-order chi connectivity index (χ0) is 21.1. The fourth-order valence-corrected chi connectivity index (χ4v) is 5.59. The van der Waals surface area contributed by atoms with Gasteiger partial charge in [0.2, 0.25) is 9.84 Å². The summed E-state index contributed by atoms with van der Waals surface area (Å²) in [7, 11) is -3.73. The van der Waals surface area contributed by atoms with E-state index in [1.54, 1.807) is 12.1 Å². The predicted octanol–water partition coefficient (Wildman–Crippen LogP) is 4.50. The number of benzene rings is 2. The van der Waals surface area contributed by atoms with Crippen molar-refractivity contribution in [1.82, 2.24) is 4.98 Å². The minimum Gasteiger partial charge on any atom is -0.392 e. The molecule has 1 saturated heterocycles. The first-order chi connectivity index (χ1) is 14.5. The van der Waals surface area contributed by atoms with Gasteiger partial charge < -0.3 is 10.0 Å². The second-order valence-electron chi connectivity index (χ2n) is 7.88. The molecule has 1 fully saturated rings. The first-order valence-electron chi connectivity index (χ1n) is 10.7. The van der Waals surface area contributed by atoms with Crippen molar-refractivity contribution in [3.05, 3.63) is 59.8 Å². The van der Waals surface area contributed by atoms with Crippen LogP contribution in [0.3, 0.4) is 0 Å². The lowest BCUT2D eigenvalue weighted by Gasteiger charge is -2.27. The lowest BCUT2D eigenvalue weighted by Crippen LogP contribution is -2.26. The molecule has 0 unspecified atom stereocenters. The van der Waals surface area contributed by atoms with Crippen molar-refractivity contribution < 1.29 is 13.5 Å². The van der Waals surface area contributed by atoms with E-state index >= 15 is 0 Å². The van der Waals surface area contributed by atoms with E-state index in [1.165, 1.54) is 6.20 Å². The summed E-state index contributed by atoms with van der Waals surface area (Å²) in [6.07, 6.45) is 6.75. The molecule has 2 aromatic carbocycles. The number of aliphatic hydroxyl groups excluding tert-OH is 1.